The van der Waals surface area contributed by atoms with Crippen molar-refractivity contribution in [2.75, 3.05) is 19.6 Å². The lowest BCUT2D eigenvalue weighted by Crippen LogP contribution is -2.29. The standard InChI is InChI=1S/C12H16Cl2N2/c13-10-4-3-9(7-11(10)14)12(15)8-16-5-1-2-6-16/h3-4,7,12H,1-2,5-6,8,15H2. The first kappa shape index (κ1) is 12.2. The summed E-state index contributed by atoms with van der Waals surface area (Å²) in [4.78, 5) is 2.40. The monoisotopic (exact) mass is 258 g/mol. The van der Waals surface area contributed by atoms with Gasteiger partial charge in [0.15, 0.2) is 0 Å². The van der Waals surface area contributed by atoms with Crippen molar-refractivity contribution in [1.29, 1.82) is 0 Å². The van der Waals surface area contributed by atoms with Crippen molar-refractivity contribution in [2.24, 2.45) is 5.73 Å². The Morgan fingerprint density at radius 2 is 1.88 bits per heavy atom. The normalized spacial score (nSPS) is 18.9. The van der Waals surface area contributed by atoms with Crippen LogP contribution in [0.5, 0.6) is 0 Å². The van der Waals surface area contributed by atoms with Gasteiger partial charge < -0.3 is 10.6 Å². The molecule has 1 unspecified atom stereocenters. The fourth-order valence-electron chi connectivity index (χ4n) is 2.09. The number of benzene rings is 1. The minimum atomic E-state index is 0.0212. The molecule has 0 aliphatic carbocycles. The van der Waals surface area contributed by atoms with Crippen LogP contribution in [0, 0.1) is 0 Å². The van der Waals surface area contributed by atoms with Crippen molar-refractivity contribution in [3.8, 4) is 0 Å². The van der Waals surface area contributed by atoms with Gasteiger partial charge in [0.1, 0.15) is 0 Å². The Kier molecular flexibility index (Phi) is 4.09. The third-order valence-electron chi connectivity index (χ3n) is 3.03. The van der Waals surface area contributed by atoms with Gasteiger partial charge in [-0.25, -0.2) is 0 Å². The second-order valence-electron chi connectivity index (χ2n) is 4.29. The number of hydrogen-bond donors (Lipinski definition) is 1. The lowest BCUT2D eigenvalue weighted by Gasteiger charge is -2.20. The quantitative estimate of drug-likeness (QED) is 0.903. The van der Waals surface area contributed by atoms with Gasteiger partial charge >= 0.3 is 0 Å². The van der Waals surface area contributed by atoms with Crippen molar-refractivity contribution < 1.29 is 0 Å². The molecule has 1 aromatic carbocycles. The molecule has 1 heterocycles. The van der Waals surface area contributed by atoms with Gasteiger partial charge in [0.05, 0.1) is 10.0 Å². The van der Waals surface area contributed by atoms with E-state index in [1.807, 2.05) is 18.2 Å². The summed E-state index contributed by atoms with van der Waals surface area (Å²) in [5.74, 6) is 0. The van der Waals surface area contributed by atoms with Gasteiger partial charge in [-0.15, -0.1) is 0 Å². The second-order valence-corrected chi connectivity index (χ2v) is 5.10. The van der Waals surface area contributed by atoms with Crippen LogP contribution in [0.15, 0.2) is 18.2 Å². The molecule has 1 atom stereocenters. The summed E-state index contributed by atoms with van der Waals surface area (Å²) in [6.07, 6.45) is 2.57. The summed E-state index contributed by atoms with van der Waals surface area (Å²) in [6.45, 7) is 3.22. The summed E-state index contributed by atoms with van der Waals surface area (Å²) in [5, 5.41) is 1.16. The first-order valence-electron chi connectivity index (χ1n) is 5.59. The third kappa shape index (κ3) is 2.89. The molecular formula is C12H16Cl2N2. The molecule has 1 saturated heterocycles. The SMILES string of the molecule is NC(CN1CCCC1)c1ccc(Cl)c(Cl)c1. The van der Waals surface area contributed by atoms with E-state index in [2.05, 4.69) is 4.90 Å². The Morgan fingerprint density at radius 3 is 2.50 bits per heavy atom. The number of nitrogens with two attached hydrogens (primary N) is 1. The predicted octanol–water partition coefficient (Wildman–Crippen LogP) is 3.09. The van der Waals surface area contributed by atoms with Crippen LogP contribution in [0.3, 0.4) is 0 Å². The Morgan fingerprint density at radius 1 is 1.19 bits per heavy atom. The first-order chi connectivity index (χ1) is 7.66. The van der Waals surface area contributed by atoms with Crippen LogP contribution in [0.25, 0.3) is 0 Å². The minimum absolute atomic E-state index is 0.0212. The van der Waals surface area contributed by atoms with E-state index in [9.17, 15) is 0 Å². The van der Waals surface area contributed by atoms with Crippen molar-refractivity contribution >= 4 is 23.2 Å². The first-order valence-corrected chi connectivity index (χ1v) is 6.35. The second kappa shape index (κ2) is 5.37. The molecule has 2 rings (SSSR count). The number of likely N-dealkylation sites (tertiary alicyclic amines) is 1. The van der Waals surface area contributed by atoms with Gasteiger partial charge in [0, 0.05) is 12.6 Å². The maximum Gasteiger partial charge on any atom is 0.0595 e. The number of halogens is 2. The molecule has 0 aromatic heterocycles. The minimum Gasteiger partial charge on any atom is -0.323 e. The molecule has 2 nitrogen and oxygen atoms in total. The highest BCUT2D eigenvalue weighted by molar-refractivity contribution is 6.42. The average Bonchev–Trinajstić information content (AvgIpc) is 2.74. The zero-order chi connectivity index (χ0) is 11.5. The van der Waals surface area contributed by atoms with Gasteiger partial charge in [0.2, 0.25) is 0 Å². The summed E-state index contributed by atoms with van der Waals surface area (Å²) < 4.78 is 0. The Balaban J connectivity index is 2.02. The van der Waals surface area contributed by atoms with Gasteiger partial charge in [0.25, 0.3) is 0 Å². The van der Waals surface area contributed by atoms with Gasteiger partial charge in [-0.3, -0.25) is 0 Å². The van der Waals surface area contributed by atoms with Crippen molar-refractivity contribution in [3.63, 3.8) is 0 Å². The van der Waals surface area contributed by atoms with E-state index >= 15 is 0 Å². The summed E-state index contributed by atoms with van der Waals surface area (Å²) in [6, 6.07) is 5.65. The average molecular weight is 259 g/mol. The highest BCUT2D eigenvalue weighted by Gasteiger charge is 2.16. The van der Waals surface area contributed by atoms with Crippen LogP contribution in [0.1, 0.15) is 24.4 Å². The van der Waals surface area contributed by atoms with Crippen molar-refractivity contribution in [2.45, 2.75) is 18.9 Å². The smallest absolute Gasteiger partial charge is 0.0595 e. The molecule has 0 spiro atoms. The van der Waals surface area contributed by atoms with E-state index < -0.39 is 0 Å². The van der Waals surface area contributed by atoms with Crippen LogP contribution in [-0.2, 0) is 0 Å². The van der Waals surface area contributed by atoms with Crippen LogP contribution < -0.4 is 5.73 Å². The topological polar surface area (TPSA) is 29.3 Å². The third-order valence-corrected chi connectivity index (χ3v) is 3.76. The van der Waals surface area contributed by atoms with Gasteiger partial charge in [-0.2, -0.15) is 0 Å². The maximum atomic E-state index is 6.15. The lowest BCUT2D eigenvalue weighted by molar-refractivity contribution is 0.316. The zero-order valence-electron chi connectivity index (χ0n) is 9.13. The predicted molar refractivity (Wildman–Crippen MR) is 69.1 cm³/mol. The molecule has 0 saturated carbocycles. The number of nitrogens with zero attached hydrogens (tertiary/aromatic N) is 1. The van der Waals surface area contributed by atoms with Crippen LogP contribution >= 0.6 is 23.2 Å². The van der Waals surface area contributed by atoms with E-state index in [4.69, 9.17) is 28.9 Å². The molecule has 1 aromatic rings. The van der Waals surface area contributed by atoms with Gasteiger partial charge in [-0.1, -0.05) is 29.3 Å². The molecular weight excluding hydrogens is 243 g/mol. The Bertz CT molecular complexity index is 362. The van der Waals surface area contributed by atoms with E-state index in [0.717, 1.165) is 25.2 Å². The molecule has 2 N–H and O–H groups in total. The largest absolute Gasteiger partial charge is 0.323 e. The molecule has 0 radical (unpaired) electrons. The zero-order valence-corrected chi connectivity index (χ0v) is 10.6. The van der Waals surface area contributed by atoms with E-state index in [-0.39, 0.29) is 6.04 Å². The maximum absolute atomic E-state index is 6.15. The van der Waals surface area contributed by atoms with Crippen LogP contribution in [0.2, 0.25) is 10.0 Å². The van der Waals surface area contributed by atoms with E-state index in [1.54, 1.807) is 0 Å². The Labute approximate surface area is 106 Å². The fraction of sp³-hybridized carbons (Fsp3) is 0.500. The van der Waals surface area contributed by atoms with Crippen molar-refractivity contribution in [1.82, 2.24) is 4.90 Å². The summed E-state index contributed by atoms with van der Waals surface area (Å²) >= 11 is 11.8. The van der Waals surface area contributed by atoms with E-state index in [1.165, 1.54) is 12.8 Å². The molecule has 16 heavy (non-hydrogen) atoms. The highest BCUT2D eigenvalue weighted by Crippen LogP contribution is 2.25. The molecule has 1 aliphatic rings. The molecule has 88 valence electrons. The molecule has 1 fully saturated rings. The lowest BCUT2D eigenvalue weighted by atomic mass is 10.1. The molecule has 0 amide bonds. The van der Waals surface area contributed by atoms with Crippen LogP contribution in [-0.4, -0.2) is 24.5 Å². The molecule has 4 heteroatoms. The number of hydrogen-bond acceptors (Lipinski definition) is 2. The van der Waals surface area contributed by atoms with Gasteiger partial charge in [-0.05, 0) is 43.6 Å². The molecule has 1 aliphatic heterocycles. The fourth-order valence-corrected chi connectivity index (χ4v) is 2.40. The Hall–Kier alpha value is -0.280. The van der Waals surface area contributed by atoms with E-state index in [0.29, 0.717) is 10.0 Å². The molecule has 0 bridgehead atoms. The highest BCUT2D eigenvalue weighted by atomic mass is 35.5. The number of rotatable bonds is 3. The van der Waals surface area contributed by atoms with Crippen molar-refractivity contribution in [3.05, 3.63) is 33.8 Å². The van der Waals surface area contributed by atoms with Crippen LogP contribution in [0.4, 0.5) is 0 Å². The summed E-state index contributed by atoms with van der Waals surface area (Å²) in [7, 11) is 0. The summed E-state index contributed by atoms with van der Waals surface area (Å²) in [5.41, 5.74) is 7.21.